The van der Waals surface area contributed by atoms with Crippen molar-refractivity contribution in [2.75, 3.05) is 39.0 Å². The summed E-state index contributed by atoms with van der Waals surface area (Å²) in [5.41, 5.74) is 0.677. The number of likely N-dealkylation sites (tertiary alicyclic amines) is 1. The van der Waals surface area contributed by atoms with Gasteiger partial charge in [0.25, 0.3) is 11.8 Å². The van der Waals surface area contributed by atoms with Crippen LogP contribution in [0.15, 0.2) is 35.0 Å². The van der Waals surface area contributed by atoms with Gasteiger partial charge in [-0.3, -0.25) is 9.59 Å². The molecule has 2 saturated heterocycles. The molecule has 0 radical (unpaired) electrons. The number of hydrogen-bond donors (Lipinski definition) is 2. The number of halogens is 3. The number of nitrogens with zero attached hydrogens (tertiary/aromatic N) is 4. The lowest BCUT2D eigenvalue weighted by Gasteiger charge is -2.33. The van der Waals surface area contributed by atoms with E-state index in [4.69, 9.17) is 4.99 Å². The summed E-state index contributed by atoms with van der Waals surface area (Å²) in [5, 5.41) is 6.02. The number of alkyl halides is 2. The minimum absolute atomic E-state index is 0.0161. The van der Waals surface area contributed by atoms with Crippen molar-refractivity contribution in [2.24, 2.45) is 4.99 Å². The number of likely N-dealkylation sites (N-methyl/N-ethyl adjacent to an activating group) is 1. The molecule has 1 saturated carbocycles. The molecule has 1 atom stereocenters. The van der Waals surface area contributed by atoms with Crippen LogP contribution in [-0.4, -0.2) is 90.3 Å². The molecule has 2 aliphatic heterocycles. The van der Waals surface area contributed by atoms with E-state index in [-0.39, 0.29) is 17.6 Å². The Morgan fingerprint density at radius 1 is 1.15 bits per heavy atom. The molecule has 3 aliphatic rings. The first-order chi connectivity index (χ1) is 18.5. The fraction of sp³-hybridized carbons (Fsp3) is 0.607. The van der Waals surface area contributed by atoms with Crippen molar-refractivity contribution in [3.63, 3.8) is 0 Å². The number of benzene rings is 1. The van der Waals surface area contributed by atoms with Crippen LogP contribution >= 0.6 is 0 Å². The minimum atomic E-state index is -3.55. The first-order valence-electron chi connectivity index (χ1n) is 13.7. The first kappa shape index (κ1) is 28.9. The van der Waals surface area contributed by atoms with Crippen LogP contribution in [0.5, 0.6) is 0 Å². The summed E-state index contributed by atoms with van der Waals surface area (Å²) in [7, 11) is 3.37. The van der Waals surface area contributed by atoms with E-state index in [9.17, 15) is 22.8 Å². The number of carbonyl (C=O) groups excluding carboxylic acids is 2. The van der Waals surface area contributed by atoms with Crippen LogP contribution in [0.3, 0.4) is 0 Å². The Balaban J connectivity index is 1.52. The summed E-state index contributed by atoms with van der Waals surface area (Å²) >= 11 is 0. The van der Waals surface area contributed by atoms with Gasteiger partial charge in [-0.15, -0.1) is 0 Å². The molecule has 1 aromatic carbocycles. The molecule has 1 aliphatic carbocycles. The molecule has 214 valence electrons. The Kier molecular flexibility index (Phi) is 8.88. The highest BCUT2D eigenvalue weighted by atomic mass is 19.3. The number of carbonyl (C=O) groups is 2. The van der Waals surface area contributed by atoms with Gasteiger partial charge in [-0.05, 0) is 77.9 Å². The second-order valence-corrected chi connectivity index (χ2v) is 10.8. The van der Waals surface area contributed by atoms with E-state index < -0.39 is 36.3 Å². The average Bonchev–Trinajstić information content (AvgIpc) is 3.41. The number of anilines is 1. The molecule has 39 heavy (non-hydrogen) atoms. The van der Waals surface area contributed by atoms with Gasteiger partial charge in [-0.1, -0.05) is 18.9 Å². The Morgan fingerprint density at radius 2 is 1.82 bits per heavy atom. The maximum Gasteiger partial charge on any atom is 0.342 e. The molecule has 3 fully saturated rings. The van der Waals surface area contributed by atoms with Crippen LogP contribution in [0, 0.1) is 5.82 Å². The monoisotopic (exact) mass is 548 g/mol. The highest BCUT2D eigenvalue weighted by Gasteiger charge is 2.49. The van der Waals surface area contributed by atoms with Crippen LogP contribution in [0.4, 0.5) is 18.9 Å². The third kappa shape index (κ3) is 6.57. The maximum absolute atomic E-state index is 15.0. The van der Waals surface area contributed by atoms with E-state index in [2.05, 4.69) is 15.5 Å². The summed E-state index contributed by atoms with van der Waals surface area (Å²) in [6.45, 7) is 4.44. The second kappa shape index (κ2) is 12.0. The number of nitrogens with one attached hydrogen (secondary N) is 2. The number of allylic oxidation sites excluding steroid dienone is 1. The molecule has 1 aromatic rings. The van der Waals surface area contributed by atoms with Gasteiger partial charge in [-0.2, -0.15) is 8.78 Å². The number of amidine groups is 1. The van der Waals surface area contributed by atoms with Gasteiger partial charge in [0, 0.05) is 24.8 Å². The summed E-state index contributed by atoms with van der Waals surface area (Å²) in [6.07, 6.45) is 5.98. The predicted octanol–water partition coefficient (Wildman–Crippen LogP) is 4.06. The zero-order valence-corrected chi connectivity index (χ0v) is 23.1. The van der Waals surface area contributed by atoms with Crippen molar-refractivity contribution >= 4 is 23.3 Å². The van der Waals surface area contributed by atoms with E-state index in [0.717, 1.165) is 56.5 Å². The third-order valence-corrected chi connectivity index (χ3v) is 7.85. The van der Waals surface area contributed by atoms with Crippen molar-refractivity contribution in [2.45, 2.75) is 76.5 Å². The smallest absolute Gasteiger partial charge is 0.342 e. The van der Waals surface area contributed by atoms with Crippen molar-refractivity contribution in [1.82, 2.24) is 20.0 Å². The van der Waals surface area contributed by atoms with E-state index in [1.807, 2.05) is 7.05 Å². The van der Waals surface area contributed by atoms with Gasteiger partial charge in [-0.25, -0.2) is 9.38 Å². The normalized spacial score (nSPS) is 24.3. The van der Waals surface area contributed by atoms with Gasteiger partial charge in [0.05, 0.1) is 17.8 Å². The quantitative estimate of drug-likeness (QED) is 0.561. The van der Waals surface area contributed by atoms with Gasteiger partial charge in [0.15, 0.2) is 0 Å². The largest absolute Gasteiger partial charge is 0.364 e. The van der Waals surface area contributed by atoms with E-state index in [0.29, 0.717) is 17.2 Å². The highest BCUT2D eigenvalue weighted by Crippen LogP contribution is 2.33. The highest BCUT2D eigenvalue weighted by molar-refractivity contribution is 6.04. The van der Waals surface area contributed by atoms with Crippen LogP contribution in [0.1, 0.15) is 62.7 Å². The van der Waals surface area contributed by atoms with Crippen molar-refractivity contribution in [3.8, 4) is 0 Å². The Bertz CT molecular complexity index is 1130. The Labute approximate surface area is 228 Å². The molecule has 2 N–H and O–H groups in total. The second-order valence-electron chi connectivity index (χ2n) is 10.8. The fourth-order valence-corrected chi connectivity index (χ4v) is 5.65. The van der Waals surface area contributed by atoms with E-state index in [1.54, 1.807) is 30.9 Å². The molecule has 8 nitrogen and oxygen atoms in total. The first-order valence-corrected chi connectivity index (χ1v) is 13.7. The number of aliphatic imine (C=N–C) groups is 1. The van der Waals surface area contributed by atoms with Crippen LogP contribution in [0.2, 0.25) is 0 Å². The molecule has 2 amide bonds. The number of rotatable bonds is 6. The molecular weight excluding hydrogens is 509 g/mol. The summed E-state index contributed by atoms with van der Waals surface area (Å²) < 4.78 is 44.7. The van der Waals surface area contributed by atoms with E-state index >= 15 is 0 Å². The van der Waals surface area contributed by atoms with Crippen molar-refractivity contribution in [3.05, 3.63) is 41.4 Å². The average molecular weight is 549 g/mol. The molecule has 11 heteroatoms. The maximum atomic E-state index is 15.0. The lowest BCUT2D eigenvalue weighted by Crippen LogP contribution is -2.47. The van der Waals surface area contributed by atoms with Gasteiger partial charge in [0.1, 0.15) is 17.8 Å². The third-order valence-electron chi connectivity index (χ3n) is 7.85. The molecule has 0 bridgehead atoms. The van der Waals surface area contributed by atoms with Crippen LogP contribution < -0.4 is 10.6 Å². The minimum Gasteiger partial charge on any atom is -0.364 e. The lowest BCUT2D eigenvalue weighted by molar-refractivity contribution is -0.154. The Hall–Kier alpha value is -3.08. The molecule has 4 rings (SSSR count). The predicted molar refractivity (Wildman–Crippen MR) is 145 cm³/mol. The zero-order chi connectivity index (χ0) is 28.3. The van der Waals surface area contributed by atoms with Gasteiger partial charge >= 0.3 is 5.92 Å². The molecule has 0 aromatic heterocycles. The Morgan fingerprint density at radius 3 is 2.44 bits per heavy atom. The van der Waals surface area contributed by atoms with E-state index in [1.165, 1.54) is 19.2 Å². The SMILES string of the molecule is C/C=C1\C(=N/C(C)Nc2ccc(C(=O)NC3CCN(C)CC3)c(F)c2)N(C2CCCC2)CC(F)(F)C(=O)N1C. The van der Waals surface area contributed by atoms with Crippen LogP contribution in [0.25, 0.3) is 0 Å². The van der Waals surface area contributed by atoms with Gasteiger partial charge in [0.2, 0.25) is 0 Å². The number of piperidine rings is 1. The number of hydrogen-bond acceptors (Lipinski definition) is 5. The molecule has 1 unspecified atom stereocenters. The van der Waals surface area contributed by atoms with Crippen molar-refractivity contribution in [1.29, 1.82) is 0 Å². The van der Waals surface area contributed by atoms with Gasteiger partial charge < -0.3 is 25.3 Å². The molecule has 0 spiro atoms. The topological polar surface area (TPSA) is 80.3 Å². The van der Waals surface area contributed by atoms with Crippen LogP contribution in [-0.2, 0) is 4.79 Å². The molecule has 2 heterocycles. The summed E-state index contributed by atoms with van der Waals surface area (Å²) in [4.78, 5) is 34.7. The molecular formula is C28H39F3N6O2. The standard InChI is InChI=1S/C28H39F3N6O2/c1-5-24-25(37(21-8-6-7-9-21)17-28(30,31)27(39)36(24)4)33-18(2)32-20-10-11-22(23(29)16-20)26(38)34-19-12-14-35(3)15-13-19/h5,10-11,16,18-19,21,32H,6-9,12-15,17H2,1-4H3,(H,34,38)/b24-5+,33-25+. The summed E-state index contributed by atoms with van der Waals surface area (Å²) in [6, 6.07) is 4.15. The fourth-order valence-electron chi connectivity index (χ4n) is 5.65. The van der Waals surface area contributed by atoms with Crippen molar-refractivity contribution < 1.29 is 22.8 Å². The summed E-state index contributed by atoms with van der Waals surface area (Å²) in [5.74, 6) is -5.61. The zero-order valence-electron chi connectivity index (χ0n) is 23.1. The number of amides is 2. The lowest BCUT2D eigenvalue weighted by atomic mass is 10.0.